The van der Waals surface area contributed by atoms with Crippen LogP contribution >= 0.6 is 34.7 Å². The number of hydrogen-bond acceptors (Lipinski definition) is 7. The number of halogens is 1. The van der Waals surface area contributed by atoms with Crippen molar-refractivity contribution in [2.24, 2.45) is 0 Å². The monoisotopic (exact) mass is 513 g/mol. The van der Waals surface area contributed by atoms with Crippen LogP contribution in [0.4, 0.5) is 5.69 Å². The Morgan fingerprint density at radius 1 is 1.12 bits per heavy atom. The first-order valence-electron chi connectivity index (χ1n) is 10.6. The van der Waals surface area contributed by atoms with Gasteiger partial charge < -0.3 is 14.8 Å². The van der Waals surface area contributed by atoms with Crippen molar-refractivity contribution in [2.75, 3.05) is 24.3 Å². The Balaban J connectivity index is 1.31. The molecule has 10 heteroatoms. The minimum absolute atomic E-state index is 0.0938. The lowest BCUT2D eigenvalue weighted by Crippen LogP contribution is -2.24. The molecule has 0 saturated heterocycles. The Hall–Kier alpha value is -3.01. The summed E-state index contributed by atoms with van der Waals surface area (Å²) >= 11 is 8.59. The molecule has 1 aliphatic rings. The number of rotatable bonds is 7. The second kappa shape index (κ2) is 10.1. The van der Waals surface area contributed by atoms with E-state index in [0.29, 0.717) is 63.8 Å². The van der Waals surface area contributed by atoms with E-state index < -0.39 is 0 Å². The number of aromatic nitrogens is 2. The van der Waals surface area contributed by atoms with E-state index in [0.717, 1.165) is 5.56 Å². The molecule has 174 valence electrons. The van der Waals surface area contributed by atoms with E-state index in [1.165, 1.54) is 23.1 Å². The summed E-state index contributed by atoms with van der Waals surface area (Å²) in [6, 6.07) is 14.7. The highest BCUT2D eigenvalue weighted by atomic mass is 35.5. The Morgan fingerprint density at radius 3 is 2.74 bits per heavy atom. The molecule has 0 spiro atoms. The van der Waals surface area contributed by atoms with E-state index in [-0.39, 0.29) is 17.2 Å². The maximum atomic E-state index is 13.1. The molecule has 0 radical (unpaired) electrons. The summed E-state index contributed by atoms with van der Waals surface area (Å²) in [5.41, 5.74) is 2.24. The van der Waals surface area contributed by atoms with Crippen molar-refractivity contribution >= 4 is 56.5 Å². The SMILES string of the molecule is O=C(CSc1nc2ccsc2c(=O)n1CCc1ccc(Cl)cc1)Nc1ccc2c(c1)OCCO2. The van der Waals surface area contributed by atoms with Crippen molar-refractivity contribution in [1.82, 2.24) is 9.55 Å². The number of amides is 1. The van der Waals surface area contributed by atoms with Crippen LogP contribution in [0.3, 0.4) is 0 Å². The van der Waals surface area contributed by atoms with Crippen LogP contribution in [0.15, 0.2) is 63.9 Å². The van der Waals surface area contributed by atoms with Gasteiger partial charge in [0.2, 0.25) is 5.91 Å². The standard InChI is InChI=1S/C24H20ClN3O4S2/c25-16-3-1-15(2-4-16)7-9-28-23(30)22-18(8-12-33-22)27-24(28)34-14-21(29)26-17-5-6-19-20(13-17)32-11-10-31-19/h1-6,8,12-13H,7,9-11,14H2,(H,26,29). The summed E-state index contributed by atoms with van der Waals surface area (Å²) in [4.78, 5) is 30.4. The molecule has 3 heterocycles. The molecular weight excluding hydrogens is 494 g/mol. The molecule has 7 nitrogen and oxygen atoms in total. The van der Waals surface area contributed by atoms with Gasteiger partial charge in [0.05, 0.1) is 11.3 Å². The van der Waals surface area contributed by atoms with Crippen LogP contribution in [0.25, 0.3) is 10.2 Å². The van der Waals surface area contributed by atoms with Gasteiger partial charge in [-0.1, -0.05) is 35.5 Å². The van der Waals surface area contributed by atoms with Crippen molar-refractivity contribution in [3.05, 3.63) is 74.9 Å². The zero-order valence-corrected chi connectivity index (χ0v) is 20.3. The lowest BCUT2D eigenvalue weighted by atomic mass is 10.1. The van der Waals surface area contributed by atoms with Crippen LogP contribution in [0.2, 0.25) is 5.02 Å². The summed E-state index contributed by atoms with van der Waals surface area (Å²) in [5, 5.41) is 5.91. The van der Waals surface area contributed by atoms with E-state index in [4.69, 9.17) is 21.1 Å². The number of aryl methyl sites for hydroxylation is 1. The van der Waals surface area contributed by atoms with Crippen molar-refractivity contribution < 1.29 is 14.3 Å². The second-order valence-electron chi connectivity index (χ2n) is 7.56. The predicted octanol–water partition coefficient (Wildman–Crippen LogP) is 4.86. The first-order chi connectivity index (χ1) is 16.6. The third-order valence-electron chi connectivity index (χ3n) is 5.23. The molecule has 0 bridgehead atoms. The Morgan fingerprint density at radius 2 is 1.91 bits per heavy atom. The number of hydrogen-bond donors (Lipinski definition) is 1. The molecule has 0 saturated carbocycles. The molecule has 34 heavy (non-hydrogen) atoms. The molecule has 1 amide bonds. The van der Waals surface area contributed by atoms with Crippen molar-refractivity contribution in [2.45, 2.75) is 18.1 Å². The number of thioether (sulfide) groups is 1. The number of nitrogens with one attached hydrogen (secondary N) is 1. The van der Waals surface area contributed by atoms with Gasteiger partial charge in [0, 0.05) is 23.3 Å². The molecular formula is C24H20ClN3O4S2. The average molecular weight is 514 g/mol. The van der Waals surface area contributed by atoms with Gasteiger partial charge in [-0.15, -0.1) is 11.3 Å². The third kappa shape index (κ3) is 5.06. The third-order valence-corrected chi connectivity index (χ3v) is 7.35. The highest BCUT2D eigenvalue weighted by Crippen LogP contribution is 2.32. The highest BCUT2D eigenvalue weighted by molar-refractivity contribution is 7.99. The van der Waals surface area contributed by atoms with Gasteiger partial charge in [-0.3, -0.25) is 14.2 Å². The minimum atomic E-state index is -0.203. The van der Waals surface area contributed by atoms with Gasteiger partial charge in [0.1, 0.15) is 17.9 Å². The number of anilines is 1. The molecule has 4 aromatic rings. The zero-order valence-electron chi connectivity index (χ0n) is 18.0. The van der Waals surface area contributed by atoms with E-state index in [9.17, 15) is 9.59 Å². The fourth-order valence-corrected chi connectivity index (χ4v) is 5.30. The molecule has 5 rings (SSSR count). The van der Waals surface area contributed by atoms with Gasteiger partial charge in [-0.05, 0) is 47.7 Å². The van der Waals surface area contributed by atoms with Gasteiger partial charge in [-0.25, -0.2) is 4.98 Å². The first kappa shape index (κ1) is 22.8. The number of carbonyl (C=O) groups excluding carboxylic acids is 1. The number of carbonyl (C=O) groups is 1. The largest absolute Gasteiger partial charge is 0.486 e. The number of thiophene rings is 1. The maximum Gasteiger partial charge on any atom is 0.272 e. The number of benzene rings is 2. The Kier molecular flexibility index (Phi) is 6.75. The lowest BCUT2D eigenvalue weighted by Gasteiger charge is -2.19. The van der Waals surface area contributed by atoms with Crippen LogP contribution in [0.1, 0.15) is 5.56 Å². The first-order valence-corrected chi connectivity index (χ1v) is 12.9. The fourth-order valence-electron chi connectivity index (χ4n) is 3.57. The van der Waals surface area contributed by atoms with E-state index in [1.54, 1.807) is 22.8 Å². The van der Waals surface area contributed by atoms with Gasteiger partial charge in [0.15, 0.2) is 16.7 Å². The van der Waals surface area contributed by atoms with Gasteiger partial charge >= 0.3 is 0 Å². The van der Waals surface area contributed by atoms with Crippen molar-refractivity contribution in [1.29, 1.82) is 0 Å². The maximum absolute atomic E-state index is 13.1. The van der Waals surface area contributed by atoms with E-state index >= 15 is 0 Å². The summed E-state index contributed by atoms with van der Waals surface area (Å²) in [5.74, 6) is 1.18. The molecule has 1 N–H and O–H groups in total. The normalized spacial score (nSPS) is 12.6. The molecule has 2 aromatic heterocycles. The molecule has 0 aliphatic carbocycles. The van der Waals surface area contributed by atoms with Crippen LogP contribution in [0.5, 0.6) is 11.5 Å². The quantitative estimate of drug-likeness (QED) is 0.281. The number of fused-ring (bicyclic) bond motifs is 2. The van der Waals surface area contributed by atoms with Crippen LogP contribution in [0, 0.1) is 0 Å². The highest BCUT2D eigenvalue weighted by Gasteiger charge is 2.16. The Bertz CT molecular complexity index is 1400. The Labute approximate surface area is 208 Å². The fraction of sp³-hybridized carbons (Fsp3) is 0.208. The summed E-state index contributed by atoms with van der Waals surface area (Å²) in [7, 11) is 0. The van der Waals surface area contributed by atoms with Crippen molar-refractivity contribution in [3.63, 3.8) is 0 Å². The van der Waals surface area contributed by atoms with E-state index in [1.807, 2.05) is 35.7 Å². The molecule has 1 aliphatic heterocycles. The summed E-state index contributed by atoms with van der Waals surface area (Å²) < 4.78 is 13.3. The average Bonchev–Trinajstić information content (AvgIpc) is 3.32. The molecule has 0 fully saturated rings. The zero-order chi connectivity index (χ0) is 23.5. The van der Waals surface area contributed by atoms with Gasteiger partial charge in [0.25, 0.3) is 5.56 Å². The smallest absolute Gasteiger partial charge is 0.272 e. The van der Waals surface area contributed by atoms with Crippen molar-refractivity contribution in [3.8, 4) is 11.5 Å². The molecule has 0 atom stereocenters. The second-order valence-corrected chi connectivity index (χ2v) is 9.85. The minimum Gasteiger partial charge on any atom is -0.486 e. The molecule has 2 aromatic carbocycles. The summed E-state index contributed by atoms with van der Waals surface area (Å²) in [6.07, 6.45) is 0.645. The number of nitrogens with zero attached hydrogens (tertiary/aromatic N) is 2. The predicted molar refractivity (Wildman–Crippen MR) is 136 cm³/mol. The topological polar surface area (TPSA) is 82.5 Å². The van der Waals surface area contributed by atoms with Crippen LogP contribution < -0.4 is 20.3 Å². The van der Waals surface area contributed by atoms with E-state index in [2.05, 4.69) is 10.3 Å². The van der Waals surface area contributed by atoms with Gasteiger partial charge in [-0.2, -0.15) is 0 Å². The van der Waals surface area contributed by atoms with Crippen LogP contribution in [-0.4, -0.2) is 34.4 Å². The van der Waals surface area contributed by atoms with Crippen LogP contribution in [-0.2, 0) is 17.8 Å². The number of ether oxygens (including phenoxy) is 2. The lowest BCUT2D eigenvalue weighted by molar-refractivity contribution is -0.113. The summed E-state index contributed by atoms with van der Waals surface area (Å²) in [6.45, 7) is 1.44. The molecule has 0 unspecified atom stereocenters.